The van der Waals surface area contributed by atoms with E-state index in [1.165, 1.54) is 38.5 Å². The minimum Gasteiger partial charge on any atom is -0.378 e. The van der Waals surface area contributed by atoms with Crippen LogP contribution in [-0.4, -0.2) is 24.8 Å². The van der Waals surface area contributed by atoms with Crippen LogP contribution in [0, 0.1) is 5.92 Å². The molecule has 0 aromatic carbocycles. The Kier molecular flexibility index (Phi) is 4.04. The van der Waals surface area contributed by atoms with Crippen molar-refractivity contribution in [1.29, 1.82) is 0 Å². The highest BCUT2D eigenvalue weighted by Crippen LogP contribution is 2.25. The van der Waals surface area contributed by atoms with Gasteiger partial charge in [0.25, 0.3) is 0 Å². The molecule has 2 unspecified atom stereocenters. The number of nitrogens with one attached hydrogen (secondary N) is 1. The van der Waals surface area contributed by atoms with Gasteiger partial charge in [-0.3, -0.25) is 0 Å². The minimum absolute atomic E-state index is 0.457. The quantitative estimate of drug-likeness (QED) is 0.758. The molecule has 2 atom stereocenters. The molecular weight excluding hydrogens is 186 g/mol. The topological polar surface area (TPSA) is 21.3 Å². The van der Waals surface area contributed by atoms with Crippen LogP contribution in [0.4, 0.5) is 0 Å². The number of hydrogen-bond acceptors (Lipinski definition) is 2. The van der Waals surface area contributed by atoms with Crippen molar-refractivity contribution in [3.63, 3.8) is 0 Å². The van der Waals surface area contributed by atoms with Crippen molar-refractivity contribution in [1.82, 2.24) is 5.32 Å². The summed E-state index contributed by atoms with van der Waals surface area (Å²) in [4.78, 5) is 0. The van der Waals surface area contributed by atoms with Gasteiger partial charge in [0.05, 0.1) is 6.10 Å². The van der Waals surface area contributed by atoms with Crippen LogP contribution in [0.3, 0.4) is 0 Å². The molecular formula is C13H25NO. The van der Waals surface area contributed by atoms with E-state index in [1.54, 1.807) is 0 Å². The van der Waals surface area contributed by atoms with Crippen LogP contribution in [0.5, 0.6) is 0 Å². The van der Waals surface area contributed by atoms with E-state index in [4.69, 9.17) is 4.74 Å². The van der Waals surface area contributed by atoms with Gasteiger partial charge in [-0.15, -0.1) is 0 Å². The molecule has 2 fully saturated rings. The van der Waals surface area contributed by atoms with E-state index in [2.05, 4.69) is 19.2 Å². The van der Waals surface area contributed by atoms with Crippen LogP contribution in [0.25, 0.3) is 0 Å². The maximum Gasteiger partial charge on any atom is 0.0561 e. The van der Waals surface area contributed by atoms with Gasteiger partial charge >= 0.3 is 0 Å². The molecule has 1 aliphatic carbocycles. The second-order valence-electron chi connectivity index (χ2n) is 5.53. The van der Waals surface area contributed by atoms with E-state index >= 15 is 0 Å². The number of rotatable bonds is 2. The van der Waals surface area contributed by atoms with Crippen molar-refractivity contribution >= 4 is 0 Å². The Balaban J connectivity index is 1.71. The van der Waals surface area contributed by atoms with Crippen LogP contribution in [-0.2, 0) is 4.74 Å². The summed E-state index contributed by atoms with van der Waals surface area (Å²) in [5.41, 5.74) is 0. The molecule has 0 aromatic rings. The standard InChI is InChI=1S/C13H25NO/c1-10-3-5-12(6-4-10)14-13-7-8-15-11(2)9-13/h10-14H,3-9H2,1-2H3. The number of hydrogen-bond donors (Lipinski definition) is 1. The van der Waals surface area contributed by atoms with Gasteiger partial charge in [0.1, 0.15) is 0 Å². The largest absolute Gasteiger partial charge is 0.378 e. The van der Waals surface area contributed by atoms with Crippen LogP contribution >= 0.6 is 0 Å². The van der Waals surface area contributed by atoms with E-state index in [0.29, 0.717) is 12.1 Å². The molecule has 2 aliphatic rings. The predicted molar refractivity (Wildman–Crippen MR) is 63.0 cm³/mol. The first-order valence-electron chi connectivity index (χ1n) is 6.61. The van der Waals surface area contributed by atoms with Crippen molar-refractivity contribution in [2.45, 2.75) is 70.6 Å². The molecule has 2 nitrogen and oxygen atoms in total. The highest BCUT2D eigenvalue weighted by molar-refractivity contribution is 4.82. The maximum absolute atomic E-state index is 5.57. The molecule has 0 radical (unpaired) electrons. The maximum atomic E-state index is 5.57. The van der Waals surface area contributed by atoms with E-state index in [-0.39, 0.29) is 0 Å². The van der Waals surface area contributed by atoms with Gasteiger partial charge < -0.3 is 10.1 Å². The summed E-state index contributed by atoms with van der Waals surface area (Å²) in [7, 11) is 0. The zero-order chi connectivity index (χ0) is 10.7. The lowest BCUT2D eigenvalue weighted by Crippen LogP contribution is -2.44. The second-order valence-corrected chi connectivity index (χ2v) is 5.53. The fraction of sp³-hybridized carbons (Fsp3) is 1.00. The Morgan fingerprint density at radius 1 is 0.933 bits per heavy atom. The first-order chi connectivity index (χ1) is 7.24. The Morgan fingerprint density at radius 3 is 2.33 bits per heavy atom. The average molecular weight is 211 g/mol. The Bertz CT molecular complexity index is 187. The molecule has 1 aliphatic heterocycles. The fourth-order valence-electron chi connectivity index (χ4n) is 2.91. The van der Waals surface area contributed by atoms with Gasteiger partial charge in [0, 0.05) is 18.7 Å². The lowest BCUT2D eigenvalue weighted by molar-refractivity contribution is 0.0100. The third kappa shape index (κ3) is 3.46. The summed E-state index contributed by atoms with van der Waals surface area (Å²) in [6, 6.07) is 1.50. The highest BCUT2D eigenvalue weighted by atomic mass is 16.5. The number of ether oxygens (including phenoxy) is 1. The molecule has 1 saturated heterocycles. The molecule has 0 bridgehead atoms. The first kappa shape index (κ1) is 11.4. The SMILES string of the molecule is CC1CCC(NC2CCOC(C)C2)CC1. The van der Waals surface area contributed by atoms with E-state index in [1.807, 2.05) is 0 Å². The molecule has 0 aromatic heterocycles. The third-order valence-electron chi connectivity index (χ3n) is 3.97. The fourth-order valence-corrected chi connectivity index (χ4v) is 2.91. The molecule has 2 rings (SSSR count). The molecule has 2 heteroatoms. The minimum atomic E-state index is 0.457. The summed E-state index contributed by atoms with van der Waals surface area (Å²) in [5.74, 6) is 0.955. The Hall–Kier alpha value is -0.0800. The lowest BCUT2D eigenvalue weighted by atomic mass is 9.86. The predicted octanol–water partition coefficient (Wildman–Crippen LogP) is 2.72. The molecule has 0 amide bonds. The van der Waals surface area contributed by atoms with Gasteiger partial charge in [-0.25, -0.2) is 0 Å². The summed E-state index contributed by atoms with van der Waals surface area (Å²) in [6.07, 6.45) is 8.45. The third-order valence-corrected chi connectivity index (χ3v) is 3.97. The van der Waals surface area contributed by atoms with Gasteiger partial charge in [0.15, 0.2) is 0 Å². The van der Waals surface area contributed by atoms with Crippen molar-refractivity contribution in [2.24, 2.45) is 5.92 Å². The van der Waals surface area contributed by atoms with Gasteiger partial charge in [-0.2, -0.15) is 0 Å². The monoisotopic (exact) mass is 211 g/mol. The average Bonchev–Trinajstić information content (AvgIpc) is 2.22. The normalized spacial score (nSPS) is 42.8. The van der Waals surface area contributed by atoms with Gasteiger partial charge in [-0.05, 0) is 51.4 Å². The van der Waals surface area contributed by atoms with Crippen molar-refractivity contribution in [3.8, 4) is 0 Å². The molecule has 1 heterocycles. The van der Waals surface area contributed by atoms with Crippen molar-refractivity contribution in [2.75, 3.05) is 6.61 Å². The van der Waals surface area contributed by atoms with Crippen LogP contribution in [0.2, 0.25) is 0 Å². The van der Waals surface area contributed by atoms with Gasteiger partial charge in [-0.1, -0.05) is 6.92 Å². The smallest absolute Gasteiger partial charge is 0.0561 e. The molecule has 1 saturated carbocycles. The zero-order valence-electron chi connectivity index (χ0n) is 10.2. The molecule has 1 N–H and O–H groups in total. The van der Waals surface area contributed by atoms with Crippen LogP contribution in [0.1, 0.15) is 52.4 Å². The van der Waals surface area contributed by atoms with Crippen molar-refractivity contribution < 1.29 is 4.74 Å². The lowest BCUT2D eigenvalue weighted by Gasteiger charge is -2.34. The highest BCUT2D eigenvalue weighted by Gasteiger charge is 2.24. The van der Waals surface area contributed by atoms with E-state index in [9.17, 15) is 0 Å². The van der Waals surface area contributed by atoms with Gasteiger partial charge in [0.2, 0.25) is 0 Å². The summed E-state index contributed by atoms with van der Waals surface area (Å²) < 4.78 is 5.57. The summed E-state index contributed by atoms with van der Waals surface area (Å²) >= 11 is 0. The Morgan fingerprint density at radius 2 is 1.67 bits per heavy atom. The van der Waals surface area contributed by atoms with Crippen molar-refractivity contribution in [3.05, 3.63) is 0 Å². The second kappa shape index (κ2) is 5.31. The molecule has 15 heavy (non-hydrogen) atoms. The zero-order valence-corrected chi connectivity index (χ0v) is 10.2. The summed E-state index contributed by atoms with van der Waals surface area (Å²) in [5, 5.41) is 3.83. The molecule has 0 spiro atoms. The van der Waals surface area contributed by atoms with E-state index in [0.717, 1.165) is 18.6 Å². The first-order valence-corrected chi connectivity index (χ1v) is 6.61. The molecule has 88 valence electrons. The van der Waals surface area contributed by atoms with E-state index < -0.39 is 0 Å². The van der Waals surface area contributed by atoms with Crippen LogP contribution < -0.4 is 5.32 Å². The Labute approximate surface area is 93.8 Å². The van der Waals surface area contributed by atoms with Crippen LogP contribution in [0.15, 0.2) is 0 Å². The summed E-state index contributed by atoms with van der Waals surface area (Å²) in [6.45, 7) is 5.52.